The van der Waals surface area contributed by atoms with Gasteiger partial charge >= 0.3 is 23.9 Å². The number of ether oxygens (including phenoxy) is 4. The fourth-order valence-electron chi connectivity index (χ4n) is 7.85. The summed E-state index contributed by atoms with van der Waals surface area (Å²) in [7, 11) is 1.55. The van der Waals surface area contributed by atoms with E-state index < -0.39 is 142 Å². The van der Waals surface area contributed by atoms with Gasteiger partial charge in [-0.3, -0.25) is 19.2 Å². The second-order valence-electron chi connectivity index (χ2n) is 20.6. The van der Waals surface area contributed by atoms with Crippen molar-refractivity contribution >= 4 is 57.3 Å². The molecule has 1 fully saturated rings. The SMILES string of the molecule is CC(C)CC1C(=O)OC(C(C)C)C(=O)N(C)C(CCS(C)(=O)=O)C(=O)OC(C(C)C)C(=O)N(C)C(Cc2ccccc2)C(=O)OC(C(C)C)C(=O)N(C)C(CC(C)C)C(=O)OC(C(C)C)C(=O)N1C. The van der Waals surface area contributed by atoms with E-state index in [9.17, 15) is 46.8 Å². The van der Waals surface area contributed by atoms with Crippen LogP contribution >= 0.6 is 0 Å². The predicted octanol–water partition coefficient (Wildman–Crippen LogP) is 4.35. The number of rotatable bonds is 13. The summed E-state index contributed by atoms with van der Waals surface area (Å²) in [6, 6.07) is 3.13. The Morgan fingerprint density at radius 1 is 0.449 bits per heavy atom. The number of nitrogens with zero attached hydrogens (tertiary/aromatic N) is 4. The van der Waals surface area contributed by atoms with Crippen LogP contribution in [0, 0.1) is 35.5 Å². The normalized spacial score (nSPS) is 25.5. The second-order valence-corrected chi connectivity index (χ2v) is 22.9. The average molecular weight is 993 g/mol. The van der Waals surface area contributed by atoms with Crippen molar-refractivity contribution in [2.45, 2.75) is 157 Å². The summed E-state index contributed by atoms with van der Waals surface area (Å²) in [5.41, 5.74) is 0.617. The zero-order chi connectivity index (χ0) is 53.0. The first-order chi connectivity index (χ1) is 31.8. The van der Waals surface area contributed by atoms with Gasteiger partial charge in [-0.2, -0.15) is 0 Å². The van der Waals surface area contributed by atoms with Crippen LogP contribution in [-0.2, 0) is 73.6 Å². The Morgan fingerprint density at radius 2 is 0.725 bits per heavy atom. The minimum absolute atomic E-state index is 0.0613. The molecule has 0 N–H and O–H groups in total. The van der Waals surface area contributed by atoms with Gasteiger partial charge in [-0.1, -0.05) is 113 Å². The van der Waals surface area contributed by atoms with Gasteiger partial charge in [0.25, 0.3) is 23.6 Å². The third-order valence-electron chi connectivity index (χ3n) is 12.1. The number of esters is 4. The molecule has 390 valence electrons. The molecule has 8 unspecified atom stereocenters. The topological polar surface area (TPSA) is 221 Å². The van der Waals surface area contributed by atoms with Crippen molar-refractivity contribution in [3.63, 3.8) is 0 Å². The number of carbonyl (C=O) groups excluding carboxylic acids is 8. The number of likely N-dealkylation sites (N-methyl/N-ethyl adjacent to an activating group) is 4. The van der Waals surface area contributed by atoms with Crippen LogP contribution < -0.4 is 0 Å². The Hall–Kier alpha value is -5.07. The van der Waals surface area contributed by atoms with Gasteiger partial charge in [-0.05, 0) is 60.3 Å². The molecule has 19 heteroatoms. The van der Waals surface area contributed by atoms with Crippen molar-refractivity contribution in [3.8, 4) is 0 Å². The minimum atomic E-state index is -3.74. The van der Waals surface area contributed by atoms with E-state index in [0.717, 1.165) is 25.9 Å². The van der Waals surface area contributed by atoms with Crippen LogP contribution in [0.3, 0.4) is 0 Å². The fourth-order valence-corrected chi connectivity index (χ4v) is 8.50. The zero-order valence-corrected chi connectivity index (χ0v) is 44.7. The summed E-state index contributed by atoms with van der Waals surface area (Å²) in [6.45, 7) is 20.3. The molecule has 8 atom stereocenters. The highest BCUT2D eigenvalue weighted by atomic mass is 32.2. The molecule has 0 aromatic heterocycles. The Balaban J connectivity index is 3.00. The number of cyclic esters (lactones) is 4. The molecule has 0 aliphatic carbocycles. The van der Waals surface area contributed by atoms with E-state index in [1.54, 1.807) is 85.7 Å². The van der Waals surface area contributed by atoms with Crippen molar-refractivity contribution in [1.29, 1.82) is 0 Å². The van der Waals surface area contributed by atoms with E-state index in [1.807, 2.05) is 27.7 Å². The van der Waals surface area contributed by atoms with Gasteiger partial charge in [0.1, 0.15) is 34.0 Å². The second kappa shape index (κ2) is 26.2. The molecule has 1 saturated heterocycles. The lowest BCUT2D eigenvalue weighted by molar-refractivity contribution is -0.180. The van der Waals surface area contributed by atoms with Gasteiger partial charge in [0.15, 0.2) is 24.4 Å². The van der Waals surface area contributed by atoms with Crippen molar-refractivity contribution < 1.29 is 65.7 Å². The van der Waals surface area contributed by atoms with Crippen LogP contribution in [0.25, 0.3) is 0 Å². The molecule has 0 spiro atoms. The lowest BCUT2D eigenvalue weighted by Gasteiger charge is -2.37. The smallest absolute Gasteiger partial charge is 0.329 e. The molecule has 0 saturated carbocycles. The quantitative estimate of drug-likeness (QED) is 0.198. The van der Waals surface area contributed by atoms with E-state index in [0.29, 0.717) is 5.56 Å². The predicted molar refractivity (Wildman–Crippen MR) is 258 cm³/mol. The van der Waals surface area contributed by atoms with Crippen LogP contribution in [0.1, 0.15) is 108 Å². The van der Waals surface area contributed by atoms with Gasteiger partial charge in [0, 0.05) is 40.9 Å². The molecule has 1 aliphatic heterocycles. The van der Waals surface area contributed by atoms with Crippen molar-refractivity contribution in [3.05, 3.63) is 35.9 Å². The number of hydrogen-bond donors (Lipinski definition) is 0. The number of carbonyl (C=O) groups is 8. The molecule has 69 heavy (non-hydrogen) atoms. The Labute approximate surface area is 410 Å². The number of sulfone groups is 1. The molecule has 1 aliphatic rings. The van der Waals surface area contributed by atoms with Crippen LogP contribution in [-0.4, -0.2) is 164 Å². The molecule has 0 radical (unpaired) electrons. The van der Waals surface area contributed by atoms with Crippen LogP contribution in [0.4, 0.5) is 0 Å². The number of amides is 4. The third-order valence-corrected chi connectivity index (χ3v) is 13.1. The highest BCUT2D eigenvalue weighted by Gasteiger charge is 2.45. The lowest BCUT2D eigenvalue weighted by atomic mass is 9.98. The maximum atomic E-state index is 14.6. The monoisotopic (exact) mass is 993 g/mol. The molecule has 0 bridgehead atoms. The Morgan fingerprint density at radius 3 is 1.01 bits per heavy atom. The summed E-state index contributed by atoms with van der Waals surface area (Å²) in [5.74, 6) is -10.9. The summed E-state index contributed by atoms with van der Waals surface area (Å²) in [6.07, 6.45) is -5.53. The molecular formula is C50H80N4O14S. The average Bonchev–Trinajstić information content (AvgIpc) is 3.25. The molecule has 1 aromatic rings. The van der Waals surface area contributed by atoms with Crippen molar-refractivity contribution in [1.82, 2.24) is 19.6 Å². The van der Waals surface area contributed by atoms with E-state index in [4.69, 9.17) is 18.9 Å². The van der Waals surface area contributed by atoms with Crippen LogP contribution in [0.5, 0.6) is 0 Å². The van der Waals surface area contributed by atoms with Gasteiger partial charge in [-0.25, -0.2) is 27.6 Å². The van der Waals surface area contributed by atoms with E-state index in [-0.39, 0.29) is 31.1 Å². The maximum absolute atomic E-state index is 14.6. The van der Waals surface area contributed by atoms with Gasteiger partial charge in [0.05, 0.1) is 5.75 Å². The van der Waals surface area contributed by atoms with E-state index >= 15 is 0 Å². The maximum Gasteiger partial charge on any atom is 0.329 e. The third kappa shape index (κ3) is 17.1. The zero-order valence-electron chi connectivity index (χ0n) is 43.9. The van der Waals surface area contributed by atoms with Gasteiger partial charge in [-0.15, -0.1) is 0 Å². The largest absolute Gasteiger partial charge is 0.450 e. The summed E-state index contributed by atoms with van der Waals surface area (Å²) in [4.78, 5) is 120. The van der Waals surface area contributed by atoms with Crippen LogP contribution in [0.15, 0.2) is 30.3 Å². The Kier molecular flexibility index (Phi) is 22.8. The highest BCUT2D eigenvalue weighted by molar-refractivity contribution is 7.90. The lowest BCUT2D eigenvalue weighted by Crippen LogP contribution is -2.56. The van der Waals surface area contributed by atoms with Crippen molar-refractivity contribution in [2.75, 3.05) is 40.2 Å². The summed E-state index contributed by atoms with van der Waals surface area (Å²) >= 11 is 0. The first-order valence-electron chi connectivity index (χ1n) is 23.9. The Bertz CT molecular complexity index is 2060. The first kappa shape index (κ1) is 60.1. The number of hydrogen-bond acceptors (Lipinski definition) is 14. The first-order valence-corrected chi connectivity index (χ1v) is 26.0. The highest BCUT2D eigenvalue weighted by Crippen LogP contribution is 2.26. The molecule has 1 heterocycles. The van der Waals surface area contributed by atoms with Gasteiger partial charge in [0.2, 0.25) is 0 Å². The van der Waals surface area contributed by atoms with E-state index in [1.165, 1.54) is 28.2 Å². The van der Waals surface area contributed by atoms with Crippen LogP contribution in [0.2, 0.25) is 0 Å². The number of benzene rings is 1. The fraction of sp³-hybridized carbons (Fsp3) is 0.720. The molecule has 1 aromatic carbocycles. The molecule has 4 amide bonds. The van der Waals surface area contributed by atoms with Gasteiger partial charge < -0.3 is 38.5 Å². The summed E-state index contributed by atoms with van der Waals surface area (Å²) < 4.78 is 48.9. The molecular weight excluding hydrogens is 913 g/mol. The summed E-state index contributed by atoms with van der Waals surface area (Å²) in [5, 5.41) is 0. The molecule has 2 rings (SSSR count). The standard InChI is InChI=1S/C50H80N4O14S/c1-28(2)25-36-48(60)66-39(30(5)6)43(55)51(13)35(23-24-69(17,63)64)47(59)65-40(31(7)8)46(58)54(16)38(27-34-21-19-18-20-22-34)50(62)68-42(33(11)12)45(57)53(15)37(26-29(3)4)49(61)67-41(32(9)10)44(56)52(36)14/h18-22,28-33,35-42H,23-27H2,1-17H3. The molecule has 18 nitrogen and oxygen atoms in total. The van der Waals surface area contributed by atoms with Crippen molar-refractivity contribution in [2.24, 2.45) is 35.5 Å². The van der Waals surface area contributed by atoms with E-state index in [2.05, 4.69) is 0 Å². The minimum Gasteiger partial charge on any atom is -0.450 e.